The first kappa shape index (κ1) is 19.4. The predicted molar refractivity (Wildman–Crippen MR) is 112 cm³/mol. The molecule has 0 saturated carbocycles. The average molecular weight is 414 g/mol. The molecule has 1 N–H and O–H groups in total. The monoisotopic (exact) mass is 413 g/mol. The van der Waals surface area contributed by atoms with Gasteiger partial charge in [0.15, 0.2) is 5.65 Å². The average Bonchev–Trinajstić information content (AvgIpc) is 3.04. The molecule has 0 bridgehead atoms. The molecular weight excluding hydrogens is 390 g/mol. The highest BCUT2D eigenvalue weighted by Crippen LogP contribution is 2.32. The van der Waals surface area contributed by atoms with Gasteiger partial charge in [0.05, 0.1) is 28.7 Å². The fourth-order valence-corrected chi connectivity index (χ4v) is 4.18. The Morgan fingerprint density at radius 1 is 1.10 bits per heavy atom. The van der Waals surface area contributed by atoms with Gasteiger partial charge < -0.3 is 4.90 Å². The molecule has 2 aromatic heterocycles. The van der Waals surface area contributed by atoms with Gasteiger partial charge in [-0.05, 0) is 44.4 Å². The molecule has 8 nitrogen and oxygen atoms in total. The van der Waals surface area contributed by atoms with Crippen LogP contribution >= 0.6 is 0 Å². The number of carbonyl (C=O) groups excluding carboxylic acids is 1. The Kier molecular flexibility index (Phi) is 4.99. The Labute approximate surface area is 169 Å². The van der Waals surface area contributed by atoms with E-state index in [1.807, 2.05) is 42.0 Å². The van der Waals surface area contributed by atoms with Crippen molar-refractivity contribution in [1.29, 1.82) is 0 Å². The van der Waals surface area contributed by atoms with E-state index >= 15 is 0 Å². The Morgan fingerprint density at radius 3 is 2.45 bits per heavy atom. The zero-order valence-corrected chi connectivity index (χ0v) is 17.2. The summed E-state index contributed by atoms with van der Waals surface area (Å²) in [5.74, 6) is -0.744. The summed E-state index contributed by atoms with van der Waals surface area (Å²) in [6.07, 6.45) is 4.27. The third-order valence-corrected chi connectivity index (χ3v) is 5.56. The third-order valence-electron chi connectivity index (χ3n) is 5.00. The second kappa shape index (κ2) is 7.47. The standard InChI is InChI=1S/C20H23N5O3S/c1-14-18-17(24-11-7-4-8-12-24)13-16(20(26)23-29(2,27)28)21-19(18)25(22-14)15-9-5-3-6-10-15/h3,5-6,9-10,13H,4,7-8,11-12H2,1-2H3,(H,23,26). The van der Waals surface area contributed by atoms with Gasteiger partial charge in [-0.1, -0.05) is 18.2 Å². The van der Waals surface area contributed by atoms with Crippen LogP contribution in [0.25, 0.3) is 16.7 Å². The number of sulfonamides is 1. The number of aromatic nitrogens is 3. The Bertz CT molecular complexity index is 1170. The lowest BCUT2D eigenvalue weighted by Crippen LogP contribution is -2.32. The van der Waals surface area contributed by atoms with Crippen LogP contribution in [0.15, 0.2) is 36.4 Å². The molecule has 0 spiro atoms. The van der Waals surface area contributed by atoms with E-state index in [0.29, 0.717) is 5.65 Å². The Balaban J connectivity index is 1.94. The molecule has 0 aliphatic carbocycles. The molecular formula is C20H23N5O3S. The second-order valence-corrected chi connectivity index (χ2v) is 9.06. The highest BCUT2D eigenvalue weighted by molar-refractivity contribution is 7.89. The molecule has 1 aromatic carbocycles. The predicted octanol–water partition coefficient (Wildman–Crippen LogP) is 2.41. The molecule has 1 saturated heterocycles. The van der Waals surface area contributed by atoms with Crippen LogP contribution in [0.4, 0.5) is 5.69 Å². The lowest BCUT2D eigenvalue weighted by molar-refractivity contribution is 0.0977. The number of nitrogens with one attached hydrogen (secondary N) is 1. The number of aryl methyl sites for hydroxylation is 1. The highest BCUT2D eigenvalue weighted by atomic mass is 32.2. The van der Waals surface area contributed by atoms with Gasteiger partial charge in [-0.3, -0.25) is 4.79 Å². The van der Waals surface area contributed by atoms with Crippen molar-refractivity contribution in [2.75, 3.05) is 24.2 Å². The Hall–Kier alpha value is -2.94. The van der Waals surface area contributed by atoms with Gasteiger partial charge in [-0.25, -0.2) is 22.8 Å². The van der Waals surface area contributed by atoms with Crippen molar-refractivity contribution in [2.24, 2.45) is 0 Å². The van der Waals surface area contributed by atoms with E-state index < -0.39 is 15.9 Å². The molecule has 152 valence electrons. The molecule has 29 heavy (non-hydrogen) atoms. The molecule has 1 fully saturated rings. The fourth-order valence-electron chi connectivity index (χ4n) is 3.74. The molecule has 1 amide bonds. The van der Waals surface area contributed by atoms with E-state index in [2.05, 4.69) is 15.0 Å². The van der Waals surface area contributed by atoms with Gasteiger partial charge in [-0.15, -0.1) is 0 Å². The minimum atomic E-state index is -3.70. The molecule has 3 aromatic rings. The molecule has 0 unspecified atom stereocenters. The van der Waals surface area contributed by atoms with Crippen LogP contribution in [0, 0.1) is 6.92 Å². The minimum Gasteiger partial charge on any atom is -0.371 e. The molecule has 1 aliphatic rings. The number of anilines is 1. The topological polar surface area (TPSA) is 97.2 Å². The highest BCUT2D eigenvalue weighted by Gasteiger charge is 2.24. The van der Waals surface area contributed by atoms with Gasteiger partial charge in [0.25, 0.3) is 5.91 Å². The van der Waals surface area contributed by atoms with Crippen LogP contribution in [0.5, 0.6) is 0 Å². The molecule has 0 atom stereocenters. The van der Waals surface area contributed by atoms with Crippen LogP contribution in [0.2, 0.25) is 0 Å². The maximum absolute atomic E-state index is 12.6. The summed E-state index contributed by atoms with van der Waals surface area (Å²) < 4.78 is 26.9. The largest absolute Gasteiger partial charge is 0.371 e. The van der Waals surface area contributed by atoms with Gasteiger partial charge in [-0.2, -0.15) is 5.10 Å². The maximum Gasteiger partial charge on any atom is 0.283 e. The molecule has 0 radical (unpaired) electrons. The minimum absolute atomic E-state index is 0.0561. The van der Waals surface area contributed by atoms with Gasteiger partial charge >= 0.3 is 0 Å². The van der Waals surface area contributed by atoms with Gasteiger partial charge in [0.2, 0.25) is 10.0 Å². The lowest BCUT2D eigenvalue weighted by Gasteiger charge is -2.29. The van der Waals surface area contributed by atoms with E-state index in [-0.39, 0.29) is 5.69 Å². The van der Waals surface area contributed by atoms with Crippen LogP contribution in [-0.2, 0) is 10.0 Å². The smallest absolute Gasteiger partial charge is 0.283 e. The Morgan fingerprint density at radius 2 is 1.79 bits per heavy atom. The van der Waals surface area contributed by atoms with Crippen molar-refractivity contribution >= 4 is 32.7 Å². The van der Waals surface area contributed by atoms with Gasteiger partial charge in [0.1, 0.15) is 5.69 Å². The number of rotatable bonds is 4. The number of carbonyl (C=O) groups is 1. The normalized spacial score (nSPS) is 14.9. The number of hydrogen-bond acceptors (Lipinski definition) is 6. The first-order valence-corrected chi connectivity index (χ1v) is 11.5. The summed E-state index contributed by atoms with van der Waals surface area (Å²) in [5.41, 5.74) is 3.10. The van der Waals surface area contributed by atoms with Crippen molar-refractivity contribution in [2.45, 2.75) is 26.2 Å². The van der Waals surface area contributed by atoms with Crippen molar-refractivity contribution in [3.05, 3.63) is 47.8 Å². The van der Waals surface area contributed by atoms with Crippen LogP contribution < -0.4 is 9.62 Å². The summed E-state index contributed by atoms with van der Waals surface area (Å²) in [6.45, 7) is 3.68. The molecule has 1 aliphatic heterocycles. The number of piperidine rings is 1. The van der Waals surface area contributed by atoms with E-state index in [9.17, 15) is 13.2 Å². The summed E-state index contributed by atoms with van der Waals surface area (Å²) >= 11 is 0. The fraction of sp³-hybridized carbons (Fsp3) is 0.350. The van der Waals surface area contributed by atoms with Crippen molar-refractivity contribution in [1.82, 2.24) is 19.5 Å². The van der Waals surface area contributed by atoms with Crippen LogP contribution in [0.3, 0.4) is 0 Å². The zero-order chi connectivity index (χ0) is 20.6. The van der Waals surface area contributed by atoms with Crippen molar-refractivity contribution in [3.8, 4) is 5.69 Å². The lowest BCUT2D eigenvalue weighted by atomic mass is 10.1. The number of amides is 1. The van der Waals surface area contributed by atoms with Crippen LogP contribution in [0.1, 0.15) is 35.4 Å². The number of nitrogens with zero attached hydrogens (tertiary/aromatic N) is 4. The number of para-hydroxylation sites is 1. The SMILES string of the molecule is Cc1nn(-c2ccccc2)c2nc(C(=O)NS(C)(=O)=O)cc(N3CCCCC3)c12. The van der Waals surface area contributed by atoms with E-state index in [0.717, 1.165) is 54.6 Å². The van der Waals surface area contributed by atoms with Crippen molar-refractivity contribution < 1.29 is 13.2 Å². The number of benzene rings is 1. The first-order valence-electron chi connectivity index (χ1n) is 9.56. The summed E-state index contributed by atoms with van der Waals surface area (Å²) in [5, 5.41) is 5.55. The molecule has 3 heterocycles. The number of hydrogen-bond donors (Lipinski definition) is 1. The second-order valence-electron chi connectivity index (χ2n) is 7.31. The summed E-state index contributed by atoms with van der Waals surface area (Å²) in [4.78, 5) is 19.3. The molecule has 4 rings (SSSR count). The van der Waals surface area contributed by atoms with E-state index in [4.69, 9.17) is 0 Å². The summed E-state index contributed by atoms with van der Waals surface area (Å²) in [6, 6.07) is 11.2. The molecule has 9 heteroatoms. The van der Waals surface area contributed by atoms with Crippen molar-refractivity contribution in [3.63, 3.8) is 0 Å². The van der Waals surface area contributed by atoms with Crippen LogP contribution in [-0.4, -0.2) is 48.4 Å². The van der Waals surface area contributed by atoms with E-state index in [1.165, 1.54) is 6.42 Å². The quantitative estimate of drug-likeness (QED) is 0.705. The first-order chi connectivity index (χ1) is 13.8. The summed E-state index contributed by atoms with van der Waals surface area (Å²) in [7, 11) is -3.70. The third kappa shape index (κ3) is 3.95. The number of pyridine rings is 1. The number of fused-ring (bicyclic) bond motifs is 1. The van der Waals surface area contributed by atoms with Gasteiger partial charge in [0, 0.05) is 13.1 Å². The van der Waals surface area contributed by atoms with E-state index in [1.54, 1.807) is 10.7 Å². The zero-order valence-electron chi connectivity index (χ0n) is 16.4. The maximum atomic E-state index is 12.6.